The molecule has 0 unspecified atom stereocenters. The highest BCUT2D eigenvalue weighted by atomic mass is 32.1. The molecule has 1 atom stereocenters. The van der Waals surface area contributed by atoms with Gasteiger partial charge in [-0.2, -0.15) is 0 Å². The third kappa shape index (κ3) is 5.98. The van der Waals surface area contributed by atoms with E-state index in [0.717, 1.165) is 16.2 Å². The zero-order valence-corrected chi connectivity index (χ0v) is 19.1. The van der Waals surface area contributed by atoms with E-state index in [9.17, 15) is 9.59 Å². The van der Waals surface area contributed by atoms with E-state index >= 15 is 0 Å². The summed E-state index contributed by atoms with van der Waals surface area (Å²) in [4.78, 5) is 26.8. The molecule has 0 aliphatic carbocycles. The molecule has 2 amide bonds. The summed E-state index contributed by atoms with van der Waals surface area (Å²) in [6, 6.07) is 17.8. The van der Waals surface area contributed by atoms with Crippen molar-refractivity contribution in [1.29, 1.82) is 0 Å². The van der Waals surface area contributed by atoms with Crippen molar-refractivity contribution in [1.82, 2.24) is 10.6 Å². The molecule has 0 aliphatic rings. The number of rotatable bonds is 9. The van der Waals surface area contributed by atoms with Crippen LogP contribution in [0.15, 0.2) is 71.7 Å². The minimum Gasteiger partial charge on any atom is -0.497 e. The fraction of sp³-hybridized carbons (Fsp3) is 0.200. The number of amides is 2. The van der Waals surface area contributed by atoms with Crippen molar-refractivity contribution in [2.75, 3.05) is 14.2 Å². The van der Waals surface area contributed by atoms with Gasteiger partial charge in [-0.25, -0.2) is 0 Å². The van der Waals surface area contributed by atoms with E-state index in [1.54, 1.807) is 44.6 Å². The molecule has 0 saturated heterocycles. The topological polar surface area (TPSA) is 76.7 Å². The van der Waals surface area contributed by atoms with E-state index in [0.29, 0.717) is 17.7 Å². The van der Waals surface area contributed by atoms with Gasteiger partial charge < -0.3 is 20.1 Å². The van der Waals surface area contributed by atoms with Crippen LogP contribution in [0.3, 0.4) is 0 Å². The lowest BCUT2D eigenvalue weighted by Crippen LogP contribution is -2.36. The maximum Gasteiger partial charge on any atom is 0.268 e. The number of carbonyl (C=O) groups excluding carboxylic acids is 2. The molecule has 1 aromatic heterocycles. The van der Waals surface area contributed by atoms with Crippen LogP contribution in [0.25, 0.3) is 6.08 Å². The number of hydrogen-bond donors (Lipinski definition) is 2. The Balaban J connectivity index is 1.80. The molecule has 3 rings (SSSR count). The quantitative estimate of drug-likeness (QED) is 0.459. The largest absolute Gasteiger partial charge is 0.497 e. The summed E-state index contributed by atoms with van der Waals surface area (Å²) in [5, 5.41) is 7.71. The maximum atomic E-state index is 13.2. The molecule has 3 aromatic rings. The molecule has 0 aliphatic heterocycles. The van der Waals surface area contributed by atoms with Crippen LogP contribution in [-0.2, 0) is 4.79 Å². The Morgan fingerprint density at radius 1 is 0.969 bits per heavy atom. The van der Waals surface area contributed by atoms with Crippen LogP contribution < -0.4 is 20.1 Å². The highest BCUT2D eigenvalue weighted by Gasteiger charge is 2.19. The summed E-state index contributed by atoms with van der Waals surface area (Å²) in [6.45, 7) is 1.99. The van der Waals surface area contributed by atoms with Gasteiger partial charge in [-0.05, 0) is 65.9 Å². The van der Waals surface area contributed by atoms with Crippen LogP contribution >= 0.6 is 11.3 Å². The first kappa shape index (κ1) is 23.1. The van der Waals surface area contributed by atoms with Crippen molar-refractivity contribution in [3.05, 3.63) is 87.7 Å². The number of methoxy groups -OCH3 is 2. The van der Waals surface area contributed by atoms with Crippen molar-refractivity contribution in [3.63, 3.8) is 0 Å². The predicted octanol–water partition coefficient (Wildman–Crippen LogP) is 4.80. The second-order valence-corrected chi connectivity index (χ2v) is 7.94. The van der Waals surface area contributed by atoms with Crippen molar-refractivity contribution >= 4 is 29.2 Å². The summed E-state index contributed by atoms with van der Waals surface area (Å²) in [5.41, 5.74) is 1.57. The first-order valence-corrected chi connectivity index (χ1v) is 11.1. The lowest BCUT2D eigenvalue weighted by molar-refractivity contribution is -0.118. The molecule has 32 heavy (non-hydrogen) atoms. The fourth-order valence-electron chi connectivity index (χ4n) is 3.10. The highest BCUT2D eigenvalue weighted by molar-refractivity contribution is 7.10. The normalized spacial score (nSPS) is 12.0. The Labute approximate surface area is 191 Å². The van der Waals surface area contributed by atoms with Crippen LogP contribution in [0.5, 0.6) is 11.5 Å². The molecule has 2 N–H and O–H groups in total. The van der Waals surface area contributed by atoms with Gasteiger partial charge in [-0.15, -0.1) is 11.3 Å². The van der Waals surface area contributed by atoms with E-state index in [4.69, 9.17) is 9.47 Å². The Bertz CT molecular complexity index is 1060. The number of thiophene rings is 1. The Hall–Kier alpha value is -3.58. The molecule has 0 bridgehead atoms. The van der Waals surface area contributed by atoms with Crippen molar-refractivity contribution in [2.24, 2.45) is 0 Å². The molecule has 0 saturated carbocycles. The number of benzene rings is 2. The molecule has 1 heterocycles. The van der Waals surface area contributed by atoms with Gasteiger partial charge in [0.2, 0.25) is 0 Å². The molecule has 2 aromatic carbocycles. The molecular formula is C25H26N2O4S. The predicted molar refractivity (Wildman–Crippen MR) is 127 cm³/mol. The Kier molecular flexibility index (Phi) is 8.05. The number of hydrogen-bond acceptors (Lipinski definition) is 5. The van der Waals surface area contributed by atoms with E-state index in [2.05, 4.69) is 10.6 Å². The van der Waals surface area contributed by atoms with Crippen LogP contribution in [-0.4, -0.2) is 26.0 Å². The minimum absolute atomic E-state index is 0.181. The van der Waals surface area contributed by atoms with E-state index in [1.807, 2.05) is 48.7 Å². The molecule has 7 heteroatoms. The average Bonchev–Trinajstić information content (AvgIpc) is 3.35. The molecule has 0 radical (unpaired) electrons. The lowest BCUT2D eigenvalue weighted by Gasteiger charge is -2.19. The van der Waals surface area contributed by atoms with Crippen molar-refractivity contribution < 1.29 is 19.1 Å². The smallest absolute Gasteiger partial charge is 0.268 e. The number of ether oxygens (including phenoxy) is 2. The Morgan fingerprint density at radius 3 is 2.12 bits per heavy atom. The zero-order valence-electron chi connectivity index (χ0n) is 18.3. The Morgan fingerprint density at radius 2 is 1.59 bits per heavy atom. The minimum atomic E-state index is -0.372. The van der Waals surface area contributed by atoms with Gasteiger partial charge in [0.15, 0.2) is 0 Å². The zero-order chi connectivity index (χ0) is 22.9. The van der Waals surface area contributed by atoms with Gasteiger partial charge in [0, 0.05) is 10.4 Å². The molecule has 166 valence electrons. The van der Waals surface area contributed by atoms with Gasteiger partial charge in [0.25, 0.3) is 11.8 Å². The second kappa shape index (κ2) is 11.2. The molecule has 6 nitrogen and oxygen atoms in total. The van der Waals surface area contributed by atoms with Crippen LogP contribution in [0.2, 0.25) is 0 Å². The number of nitrogens with one attached hydrogen (secondary N) is 2. The lowest BCUT2D eigenvalue weighted by atomic mass is 10.0. The summed E-state index contributed by atoms with van der Waals surface area (Å²) in [7, 11) is 3.18. The van der Waals surface area contributed by atoms with Gasteiger partial charge >= 0.3 is 0 Å². The molecule has 0 fully saturated rings. The monoisotopic (exact) mass is 450 g/mol. The van der Waals surface area contributed by atoms with Crippen molar-refractivity contribution in [2.45, 2.75) is 19.4 Å². The molecular weight excluding hydrogens is 424 g/mol. The van der Waals surface area contributed by atoms with Gasteiger partial charge in [0.05, 0.1) is 20.3 Å². The van der Waals surface area contributed by atoms with E-state index < -0.39 is 0 Å². The maximum absolute atomic E-state index is 13.2. The highest BCUT2D eigenvalue weighted by Crippen LogP contribution is 2.21. The number of carbonyl (C=O) groups is 2. The first-order chi connectivity index (χ1) is 15.5. The second-order valence-electron chi connectivity index (χ2n) is 6.96. The van der Waals surface area contributed by atoms with Gasteiger partial charge in [-0.3, -0.25) is 9.59 Å². The van der Waals surface area contributed by atoms with Gasteiger partial charge in [-0.1, -0.05) is 25.1 Å². The van der Waals surface area contributed by atoms with Crippen LogP contribution in [0.1, 0.15) is 40.2 Å². The summed E-state index contributed by atoms with van der Waals surface area (Å²) in [5.74, 6) is 0.671. The van der Waals surface area contributed by atoms with Gasteiger partial charge in [0.1, 0.15) is 17.2 Å². The van der Waals surface area contributed by atoms with Crippen LogP contribution in [0, 0.1) is 0 Å². The first-order valence-electron chi connectivity index (χ1n) is 10.2. The summed E-state index contributed by atoms with van der Waals surface area (Å²) in [6.07, 6.45) is 2.37. The van der Waals surface area contributed by atoms with E-state index in [1.165, 1.54) is 11.3 Å². The third-order valence-corrected chi connectivity index (χ3v) is 5.73. The van der Waals surface area contributed by atoms with Crippen molar-refractivity contribution in [3.8, 4) is 11.5 Å². The third-order valence-electron chi connectivity index (χ3n) is 4.91. The average molecular weight is 451 g/mol. The molecule has 0 spiro atoms. The SMILES string of the molecule is CC[C@@H](NC(=O)/C(=C/c1cccs1)NC(=O)c1ccc(OC)cc1)c1ccc(OC)cc1. The summed E-state index contributed by atoms with van der Waals surface area (Å²) < 4.78 is 10.3. The summed E-state index contributed by atoms with van der Waals surface area (Å²) >= 11 is 1.48. The fourth-order valence-corrected chi connectivity index (χ4v) is 3.76. The standard InChI is InChI=1S/C25H26N2O4S/c1-4-22(17-7-11-19(30-2)12-8-17)26-25(29)23(16-21-6-5-15-32-21)27-24(28)18-9-13-20(31-3)14-10-18/h5-16,22H,4H2,1-3H3,(H,26,29)(H,27,28)/b23-16-/t22-/m1/s1. The van der Waals surface area contributed by atoms with Crippen LogP contribution in [0.4, 0.5) is 0 Å². The van der Waals surface area contributed by atoms with E-state index in [-0.39, 0.29) is 23.6 Å².